The molecule has 0 aromatic heterocycles. The maximum atomic E-state index is 12.8. The Morgan fingerprint density at radius 3 is 2.30 bits per heavy atom. The van der Waals surface area contributed by atoms with Crippen molar-refractivity contribution >= 4 is 24.2 Å². The second-order valence-corrected chi connectivity index (χ2v) is 6.45. The number of piperidine rings is 1. The maximum Gasteiger partial charge on any atom is 0.138 e. The third kappa shape index (κ3) is 5.41. The van der Waals surface area contributed by atoms with Crippen LogP contribution in [0.4, 0.5) is 4.39 Å². The molecule has 1 N–H and O–H groups in total. The van der Waals surface area contributed by atoms with Gasteiger partial charge in [0.2, 0.25) is 0 Å². The highest BCUT2D eigenvalue weighted by Crippen LogP contribution is 2.27. The first-order valence-electron chi connectivity index (χ1n) is 7.63. The van der Waals surface area contributed by atoms with Gasteiger partial charge < -0.3 is 10.1 Å². The molecule has 3 rings (SSSR count). The van der Waals surface area contributed by atoms with E-state index in [1.807, 2.05) is 12.1 Å². The quantitative estimate of drug-likeness (QED) is 0.613. The average Bonchev–Trinajstić information content (AvgIpc) is 2.58. The number of nitrogens with one attached hydrogen (secondary N) is 1. The van der Waals surface area contributed by atoms with Crippen molar-refractivity contribution in [3.8, 4) is 5.75 Å². The number of rotatable bonds is 5. The van der Waals surface area contributed by atoms with Crippen molar-refractivity contribution in [1.82, 2.24) is 5.32 Å². The van der Waals surface area contributed by atoms with Gasteiger partial charge in [-0.05, 0) is 73.8 Å². The monoisotopic (exact) mass is 353 g/mol. The van der Waals surface area contributed by atoms with Gasteiger partial charge in [0.05, 0.1) is 0 Å². The number of hydrogen-bond acceptors (Lipinski definition) is 3. The minimum absolute atomic E-state index is 0. The van der Waals surface area contributed by atoms with Gasteiger partial charge in [-0.2, -0.15) is 0 Å². The normalized spacial score (nSPS) is 15.0. The summed E-state index contributed by atoms with van der Waals surface area (Å²) in [6.45, 7) is 2.22. The smallest absolute Gasteiger partial charge is 0.138 e. The van der Waals surface area contributed by atoms with Gasteiger partial charge in [-0.1, -0.05) is 23.9 Å². The van der Waals surface area contributed by atoms with E-state index >= 15 is 0 Å². The molecule has 2 aromatic rings. The summed E-state index contributed by atoms with van der Waals surface area (Å²) in [6, 6.07) is 14.9. The lowest BCUT2D eigenvalue weighted by molar-refractivity contribution is 0.392. The molecule has 0 aliphatic carbocycles. The Morgan fingerprint density at radius 1 is 1.00 bits per heavy atom. The highest BCUT2D eigenvalue weighted by molar-refractivity contribution is 7.99. The molecule has 1 aliphatic heterocycles. The van der Waals surface area contributed by atoms with Crippen LogP contribution >= 0.6 is 24.2 Å². The minimum Gasteiger partial charge on any atom is -0.483 e. The van der Waals surface area contributed by atoms with Gasteiger partial charge in [-0.25, -0.2) is 4.39 Å². The Labute approximate surface area is 147 Å². The van der Waals surface area contributed by atoms with E-state index in [2.05, 4.69) is 17.4 Å². The van der Waals surface area contributed by atoms with Crippen LogP contribution in [0.15, 0.2) is 53.4 Å². The topological polar surface area (TPSA) is 21.3 Å². The molecular formula is C18H21ClFNOS. The molecule has 23 heavy (non-hydrogen) atoms. The Kier molecular flexibility index (Phi) is 7.21. The first-order valence-corrected chi connectivity index (χ1v) is 8.62. The third-order valence-electron chi connectivity index (χ3n) is 3.96. The van der Waals surface area contributed by atoms with Crippen LogP contribution < -0.4 is 10.1 Å². The third-order valence-corrected chi connectivity index (χ3v) is 4.80. The number of halogens is 2. The molecule has 2 nitrogen and oxygen atoms in total. The predicted molar refractivity (Wildman–Crippen MR) is 96.3 cm³/mol. The van der Waals surface area contributed by atoms with Crippen LogP contribution in [-0.4, -0.2) is 19.0 Å². The zero-order chi connectivity index (χ0) is 15.2. The minimum atomic E-state index is -0.209. The van der Waals surface area contributed by atoms with Crippen LogP contribution in [0.25, 0.3) is 0 Å². The van der Waals surface area contributed by atoms with Crippen LogP contribution in [0.1, 0.15) is 24.3 Å². The van der Waals surface area contributed by atoms with Gasteiger partial charge in [0.1, 0.15) is 17.5 Å². The van der Waals surface area contributed by atoms with Crippen LogP contribution in [0, 0.1) is 5.82 Å². The summed E-state index contributed by atoms with van der Waals surface area (Å²) < 4.78 is 18.6. The molecule has 0 bridgehead atoms. The van der Waals surface area contributed by atoms with Crippen molar-refractivity contribution in [2.45, 2.75) is 23.7 Å². The van der Waals surface area contributed by atoms with Crippen molar-refractivity contribution in [2.24, 2.45) is 0 Å². The molecule has 1 aliphatic rings. The van der Waals surface area contributed by atoms with Crippen LogP contribution in [-0.2, 0) is 0 Å². The summed E-state index contributed by atoms with van der Waals surface area (Å²) >= 11 is 1.56. The molecule has 0 spiro atoms. The second-order valence-electron chi connectivity index (χ2n) is 5.45. The summed E-state index contributed by atoms with van der Waals surface area (Å²) in [5, 5.41) is 3.39. The first kappa shape index (κ1) is 18.1. The number of thioether (sulfide) groups is 1. The lowest BCUT2D eigenvalue weighted by Crippen LogP contribution is -2.26. The number of benzene rings is 2. The zero-order valence-electron chi connectivity index (χ0n) is 12.8. The van der Waals surface area contributed by atoms with E-state index in [1.54, 1.807) is 23.9 Å². The van der Waals surface area contributed by atoms with Crippen molar-refractivity contribution in [2.75, 3.05) is 19.0 Å². The summed E-state index contributed by atoms with van der Waals surface area (Å²) in [7, 11) is 0. The van der Waals surface area contributed by atoms with E-state index in [9.17, 15) is 4.39 Å². The zero-order valence-corrected chi connectivity index (χ0v) is 14.5. The Morgan fingerprint density at radius 2 is 1.65 bits per heavy atom. The van der Waals surface area contributed by atoms with Crippen LogP contribution in [0.2, 0.25) is 0 Å². The maximum absolute atomic E-state index is 12.8. The van der Waals surface area contributed by atoms with Crippen LogP contribution in [0.3, 0.4) is 0 Å². The van der Waals surface area contributed by atoms with Gasteiger partial charge in [0, 0.05) is 4.90 Å². The number of hydrogen-bond donors (Lipinski definition) is 1. The average molecular weight is 354 g/mol. The molecule has 1 heterocycles. The molecule has 0 radical (unpaired) electrons. The molecule has 124 valence electrons. The van der Waals surface area contributed by atoms with E-state index in [4.69, 9.17) is 4.74 Å². The molecule has 0 amide bonds. The summed E-state index contributed by atoms with van der Waals surface area (Å²) in [6.07, 6.45) is 2.42. The molecule has 1 saturated heterocycles. The van der Waals surface area contributed by atoms with E-state index in [-0.39, 0.29) is 18.2 Å². The van der Waals surface area contributed by atoms with Crippen molar-refractivity contribution in [1.29, 1.82) is 0 Å². The lowest BCUT2D eigenvalue weighted by atomic mass is 9.90. The molecule has 5 heteroatoms. The summed E-state index contributed by atoms with van der Waals surface area (Å²) in [5.41, 5.74) is 1.40. The van der Waals surface area contributed by atoms with E-state index in [1.165, 1.54) is 30.5 Å². The van der Waals surface area contributed by atoms with E-state index in [0.29, 0.717) is 11.9 Å². The fourth-order valence-corrected chi connectivity index (χ4v) is 3.35. The fourth-order valence-electron chi connectivity index (χ4n) is 2.69. The molecule has 1 fully saturated rings. The highest BCUT2D eigenvalue weighted by atomic mass is 35.5. The molecule has 0 saturated carbocycles. The van der Waals surface area contributed by atoms with Gasteiger partial charge in [-0.3, -0.25) is 0 Å². The van der Waals surface area contributed by atoms with Crippen molar-refractivity contribution in [3.63, 3.8) is 0 Å². The number of ether oxygens (including phenoxy) is 1. The highest BCUT2D eigenvalue weighted by Gasteiger charge is 2.14. The van der Waals surface area contributed by atoms with E-state index in [0.717, 1.165) is 23.7 Å². The van der Waals surface area contributed by atoms with E-state index < -0.39 is 0 Å². The molecule has 0 unspecified atom stereocenters. The summed E-state index contributed by atoms with van der Waals surface area (Å²) in [5.74, 6) is 1.87. The molecule has 0 atom stereocenters. The Bertz CT molecular complexity index is 585. The van der Waals surface area contributed by atoms with Gasteiger partial charge in [-0.15, -0.1) is 12.4 Å². The second kappa shape index (κ2) is 9.16. The SMILES string of the molecule is Cl.Fc1ccc(SCOc2ccc(C3CCNCC3)cc2)cc1. The van der Waals surface area contributed by atoms with Crippen LogP contribution in [0.5, 0.6) is 5.75 Å². The lowest BCUT2D eigenvalue weighted by Gasteiger charge is -2.23. The Balaban J connectivity index is 0.00000192. The largest absolute Gasteiger partial charge is 0.483 e. The van der Waals surface area contributed by atoms with Gasteiger partial charge >= 0.3 is 0 Å². The molecule has 2 aromatic carbocycles. The van der Waals surface area contributed by atoms with Gasteiger partial charge in [0.25, 0.3) is 0 Å². The summed E-state index contributed by atoms with van der Waals surface area (Å²) in [4.78, 5) is 1.01. The predicted octanol–water partition coefficient (Wildman–Crippen LogP) is 4.84. The molecular weight excluding hydrogens is 333 g/mol. The van der Waals surface area contributed by atoms with Crippen molar-refractivity contribution in [3.05, 3.63) is 59.9 Å². The van der Waals surface area contributed by atoms with Crippen molar-refractivity contribution < 1.29 is 9.13 Å². The van der Waals surface area contributed by atoms with Gasteiger partial charge in [0.15, 0.2) is 0 Å². The fraction of sp³-hybridized carbons (Fsp3) is 0.333. The standard InChI is InChI=1S/C18H20FNOS.ClH/c19-16-3-7-18(8-4-16)22-13-21-17-5-1-14(2-6-17)15-9-11-20-12-10-15;/h1-8,15,20H,9-13H2;1H. The first-order chi connectivity index (χ1) is 10.8. The Hall–Kier alpha value is -1.23.